The number of anilines is 1. The third-order valence-electron chi connectivity index (χ3n) is 5.36. The fraction of sp³-hybridized carbons (Fsp3) is 0.364. The van der Waals surface area contributed by atoms with Crippen molar-refractivity contribution in [3.05, 3.63) is 56.2 Å². The van der Waals surface area contributed by atoms with E-state index in [2.05, 4.69) is 15.6 Å². The van der Waals surface area contributed by atoms with E-state index in [-0.39, 0.29) is 41.9 Å². The van der Waals surface area contributed by atoms with Crippen molar-refractivity contribution in [3.63, 3.8) is 0 Å². The Balaban J connectivity index is 1.27. The van der Waals surface area contributed by atoms with E-state index in [0.29, 0.717) is 17.5 Å². The van der Waals surface area contributed by atoms with Crippen LogP contribution in [-0.2, 0) is 29.0 Å². The van der Waals surface area contributed by atoms with Gasteiger partial charge in [0.25, 0.3) is 5.56 Å². The van der Waals surface area contributed by atoms with Gasteiger partial charge in [-0.3, -0.25) is 19.0 Å². The first-order valence-corrected chi connectivity index (χ1v) is 11.6. The van der Waals surface area contributed by atoms with Gasteiger partial charge >= 0.3 is 0 Å². The van der Waals surface area contributed by atoms with Crippen LogP contribution in [0.25, 0.3) is 10.2 Å². The minimum atomic E-state index is -0.556. The fourth-order valence-electron chi connectivity index (χ4n) is 3.78. The number of carbonyl (C=O) groups excluding carboxylic acids is 2. The van der Waals surface area contributed by atoms with E-state index in [4.69, 9.17) is 11.6 Å². The molecule has 0 saturated carbocycles. The van der Waals surface area contributed by atoms with Gasteiger partial charge in [-0.2, -0.15) is 0 Å². The number of hydrogen-bond acceptors (Lipinski definition) is 5. The number of thiophene rings is 1. The molecule has 1 aliphatic rings. The molecule has 0 unspecified atom stereocenters. The van der Waals surface area contributed by atoms with Gasteiger partial charge in [-0.25, -0.2) is 9.37 Å². The number of aromatic nitrogens is 2. The Kier molecular flexibility index (Phi) is 6.86. The van der Waals surface area contributed by atoms with E-state index in [1.165, 1.54) is 34.0 Å². The number of amides is 2. The van der Waals surface area contributed by atoms with Crippen molar-refractivity contribution in [2.24, 2.45) is 0 Å². The smallest absolute Gasteiger partial charge is 0.262 e. The van der Waals surface area contributed by atoms with E-state index >= 15 is 0 Å². The third-order valence-corrected chi connectivity index (χ3v) is 6.85. The lowest BCUT2D eigenvalue weighted by molar-refractivity contribution is -0.122. The molecule has 0 saturated heterocycles. The van der Waals surface area contributed by atoms with Crippen LogP contribution in [0, 0.1) is 5.82 Å². The number of halogens is 2. The molecule has 2 N–H and O–H groups in total. The van der Waals surface area contributed by atoms with Crippen LogP contribution in [0.4, 0.5) is 10.1 Å². The standard InChI is InChI=1S/C22H22ClFN4O3S/c23-15-10-13(7-8-16(15)24)27-18(29)6-3-9-25-19(30)11-28-12-26-21-20(22(28)31)14-4-1-2-5-17(14)32-21/h7-8,10,12H,1-6,9,11H2,(H,25,30)(H,27,29). The molecule has 168 valence electrons. The molecular weight excluding hydrogens is 455 g/mol. The average Bonchev–Trinajstić information content (AvgIpc) is 3.15. The van der Waals surface area contributed by atoms with Gasteiger partial charge in [-0.15, -0.1) is 11.3 Å². The molecule has 2 heterocycles. The van der Waals surface area contributed by atoms with Crippen LogP contribution in [-0.4, -0.2) is 27.9 Å². The van der Waals surface area contributed by atoms with Crippen molar-refractivity contribution in [1.29, 1.82) is 0 Å². The molecule has 1 aliphatic carbocycles. The van der Waals surface area contributed by atoms with Gasteiger partial charge in [0, 0.05) is 23.5 Å². The molecule has 3 aromatic rings. The van der Waals surface area contributed by atoms with Crippen molar-refractivity contribution >= 4 is 50.7 Å². The summed E-state index contributed by atoms with van der Waals surface area (Å²) in [6.07, 6.45) is 6.07. The summed E-state index contributed by atoms with van der Waals surface area (Å²) in [4.78, 5) is 43.5. The zero-order valence-electron chi connectivity index (χ0n) is 17.2. The van der Waals surface area contributed by atoms with Crippen molar-refractivity contribution in [2.75, 3.05) is 11.9 Å². The van der Waals surface area contributed by atoms with Crippen LogP contribution in [0.3, 0.4) is 0 Å². The number of hydrogen-bond donors (Lipinski definition) is 2. The van der Waals surface area contributed by atoms with Crippen LogP contribution in [0.2, 0.25) is 5.02 Å². The molecule has 0 bridgehead atoms. The van der Waals surface area contributed by atoms with Crippen molar-refractivity contribution < 1.29 is 14.0 Å². The second-order valence-electron chi connectivity index (χ2n) is 7.70. The van der Waals surface area contributed by atoms with Gasteiger partial charge in [-0.1, -0.05) is 11.6 Å². The SMILES string of the molecule is O=C(Cn1cnc2sc3c(c2c1=O)CCCC3)NCCCC(=O)Nc1ccc(F)c(Cl)c1. The van der Waals surface area contributed by atoms with Crippen LogP contribution < -0.4 is 16.2 Å². The molecular formula is C22H22ClFN4O3S. The molecule has 32 heavy (non-hydrogen) atoms. The quantitative estimate of drug-likeness (QED) is 0.509. The molecule has 0 fully saturated rings. The Morgan fingerprint density at radius 3 is 2.84 bits per heavy atom. The van der Waals surface area contributed by atoms with Gasteiger partial charge in [0.2, 0.25) is 11.8 Å². The lowest BCUT2D eigenvalue weighted by atomic mass is 9.97. The number of aryl methyl sites for hydroxylation is 2. The molecule has 0 radical (unpaired) electrons. The normalized spacial score (nSPS) is 13.1. The number of nitrogens with zero attached hydrogens (tertiary/aromatic N) is 2. The number of rotatable bonds is 7. The summed E-state index contributed by atoms with van der Waals surface area (Å²) in [6.45, 7) is 0.168. The van der Waals surface area contributed by atoms with Crippen LogP contribution in [0.1, 0.15) is 36.1 Å². The monoisotopic (exact) mass is 476 g/mol. The first-order chi connectivity index (χ1) is 15.4. The number of benzene rings is 1. The van der Waals surface area contributed by atoms with Crippen molar-refractivity contribution in [3.8, 4) is 0 Å². The summed E-state index contributed by atoms with van der Waals surface area (Å²) in [5.41, 5.74) is 1.32. The molecule has 0 atom stereocenters. The van der Waals surface area contributed by atoms with Gasteiger partial charge < -0.3 is 10.6 Å². The topological polar surface area (TPSA) is 93.1 Å². The molecule has 10 heteroatoms. The summed E-state index contributed by atoms with van der Waals surface area (Å²) in [6, 6.07) is 3.94. The van der Waals surface area contributed by atoms with Gasteiger partial charge in [0.15, 0.2) is 0 Å². The minimum absolute atomic E-state index is 0.0686. The Bertz CT molecular complexity index is 1240. The lowest BCUT2D eigenvalue weighted by Crippen LogP contribution is -2.33. The highest BCUT2D eigenvalue weighted by atomic mass is 35.5. The molecule has 4 rings (SSSR count). The van der Waals surface area contributed by atoms with Crippen LogP contribution in [0.5, 0.6) is 0 Å². The molecule has 2 amide bonds. The lowest BCUT2D eigenvalue weighted by Gasteiger charge is -2.10. The highest BCUT2D eigenvalue weighted by Crippen LogP contribution is 2.33. The van der Waals surface area contributed by atoms with Crippen molar-refractivity contribution in [2.45, 2.75) is 45.1 Å². The average molecular weight is 477 g/mol. The van der Waals surface area contributed by atoms with E-state index in [1.807, 2.05) is 0 Å². The summed E-state index contributed by atoms with van der Waals surface area (Å²) < 4.78 is 14.5. The van der Waals surface area contributed by atoms with E-state index in [1.54, 1.807) is 11.3 Å². The minimum Gasteiger partial charge on any atom is -0.355 e. The first kappa shape index (κ1) is 22.4. The Morgan fingerprint density at radius 1 is 1.22 bits per heavy atom. The predicted molar refractivity (Wildman–Crippen MR) is 123 cm³/mol. The van der Waals surface area contributed by atoms with Crippen LogP contribution in [0.15, 0.2) is 29.3 Å². The van der Waals surface area contributed by atoms with Gasteiger partial charge in [0.1, 0.15) is 17.2 Å². The molecule has 0 spiro atoms. The van der Waals surface area contributed by atoms with E-state index in [9.17, 15) is 18.8 Å². The maximum Gasteiger partial charge on any atom is 0.262 e. The van der Waals surface area contributed by atoms with E-state index in [0.717, 1.165) is 36.1 Å². The van der Waals surface area contributed by atoms with Gasteiger partial charge in [-0.05, 0) is 55.9 Å². The second-order valence-corrected chi connectivity index (χ2v) is 9.19. The maximum absolute atomic E-state index is 13.2. The third kappa shape index (κ3) is 4.99. The Labute approximate surface area is 192 Å². The van der Waals surface area contributed by atoms with Crippen LogP contribution >= 0.6 is 22.9 Å². The maximum atomic E-state index is 13.2. The highest BCUT2D eigenvalue weighted by molar-refractivity contribution is 7.18. The van der Waals surface area contributed by atoms with E-state index < -0.39 is 5.82 Å². The Morgan fingerprint density at radius 2 is 2.03 bits per heavy atom. The number of carbonyl (C=O) groups is 2. The largest absolute Gasteiger partial charge is 0.355 e. The highest BCUT2D eigenvalue weighted by Gasteiger charge is 2.20. The zero-order valence-corrected chi connectivity index (χ0v) is 18.8. The second kappa shape index (κ2) is 9.79. The summed E-state index contributed by atoms with van der Waals surface area (Å²) in [7, 11) is 0. The molecule has 2 aromatic heterocycles. The molecule has 1 aromatic carbocycles. The first-order valence-electron chi connectivity index (χ1n) is 10.4. The Hall–Kier alpha value is -2.78. The number of nitrogens with one attached hydrogen (secondary N) is 2. The van der Waals surface area contributed by atoms with Crippen molar-refractivity contribution in [1.82, 2.24) is 14.9 Å². The fourth-order valence-corrected chi connectivity index (χ4v) is 5.18. The number of fused-ring (bicyclic) bond motifs is 3. The molecule has 7 nitrogen and oxygen atoms in total. The summed E-state index contributed by atoms with van der Waals surface area (Å²) in [5, 5.41) is 5.94. The molecule has 0 aliphatic heterocycles. The van der Waals surface area contributed by atoms with Gasteiger partial charge in [0.05, 0.1) is 16.7 Å². The summed E-state index contributed by atoms with van der Waals surface area (Å²) >= 11 is 7.27. The summed E-state index contributed by atoms with van der Waals surface area (Å²) in [5.74, 6) is -1.14. The zero-order chi connectivity index (χ0) is 22.7. The predicted octanol–water partition coefficient (Wildman–Crippen LogP) is 3.66.